The Morgan fingerprint density at radius 1 is 1.07 bits per heavy atom. The molecule has 0 aromatic heterocycles. The van der Waals surface area contributed by atoms with Crippen molar-refractivity contribution < 1.29 is 17.9 Å². The topological polar surface area (TPSA) is 79.0 Å². The standard InChI is InChI=1S/C20H25N3O4S/c1-3-4-13-22-14-15-23(20(22)24)16-9-11-17(12-10-16)28(25,26)21-18-7-5-6-8-19(18)27-2/h5-12,21H,3-4,13-15H2,1-2H3. The first-order valence-electron chi connectivity index (χ1n) is 9.28. The number of nitrogens with one attached hydrogen (secondary N) is 1. The molecule has 2 aromatic carbocycles. The first-order chi connectivity index (χ1) is 13.5. The van der Waals surface area contributed by atoms with Crippen LogP contribution < -0.4 is 14.4 Å². The van der Waals surface area contributed by atoms with Gasteiger partial charge >= 0.3 is 6.03 Å². The van der Waals surface area contributed by atoms with Gasteiger partial charge < -0.3 is 9.64 Å². The summed E-state index contributed by atoms with van der Waals surface area (Å²) in [6.45, 7) is 4.14. The van der Waals surface area contributed by atoms with Gasteiger partial charge in [-0.1, -0.05) is 25.5 Å². The summed E-state index contributed by atoms with van der Waals surface area (Å²) in [5, 5.41) is 0. The van der Waals surface area contributed by atoms with E-state index in [0.717, 1.165) is 19.4 Å². The number of unbranched alkanes of at least 4 members (excludes halogenated alkanes) is 1. The van der Waals surface area contributed by atoms with Gasteiger partial charge in [0.1, 0.15) is 5.75 Å². The van der Waals surface area contributed by atoms with Crippen molar-refractivity contribution in [1.82, 2.24) is 4.90 Å². The number of benzene rings is 2. The van der Waals surface area contributed by atoms with Crippen molar-refractivity contribution in [1.29, 1.82) is 0 Å². The Kier molecular flexibility index (Phi) is 6.08. The van der Waals surface area contributed by atoms with Crippen molar-refractivity contribution in [3.8, 4) is 5.75 Å². The number of hydrogen-bond donors (Lipinski definition) is 1. The fourth-order valence-corrected chi connectivity index (χ4v) is 4.19. The minimum absolute atomic E-state index is 0.0313. The molecule has 0 aliphatic carbocycles. The number of urea groups is 1. The van der Waals surface area contributed by atoms with E-state index in [0.29, 0.717) is 30.2 Å². The zero-order chi connectivity index (χ0) is 20.1. The molecule has 1 saturated heterocycles. The van der Waals surface area contributed by atoms with Gasteiger partial charge in [0.25, 0.3) is 10.0 Å². The van der Waals surface area contributed by atoms with E-state index in [-0.39, 0.29) is 10.9 Å². The minimum Gasteiger partial charge on any atom is -0.495 e. The molecule has 1 aliphatic heterocycles. The summed E-state index contributed by atoms with van der Waals surface area (Å²) in [6.07, 6.45) is 2.01. The number of carbonyl (C=O) groups is 1. The van der Waals surface area contributed by atoms with E-state index in [1.807, 2.05) is 4.90 Å². The molecule has 1 fully saturated rings. The molecular formula is C20H25N3O4S. The molecule has 0 radical (unpaired) electrons. The number of hydrogen-bond acceptors (Lipinski definition) is 4. The number of carbonyl (C=O) groups excluding carboxylic acids is 1. The molecule has 1 heterocycles. The van der Waals surface area contributed by atoms with Gasteiger partial charge in [0.2, 0.25) is 0 Å². The van der Waals surface area contributed by atoms with E-state index < -0.39 is 10.0 Å². The lowest BCUT2D eigenvalue weighted by Crippen LogP contribution is -2.32. The van der Waals surface area contributed by atoms with Gasteiger partial charge in [-0.15, -0.1) is 0 Å². The summed E-state index contributed by atoms with van der Waals surface area (Å²) in [4.78, 5) is 16.1. The highest BCUT2D eigenvalue weighted by Crippen LogP contribution is 2.27. The van der Waals surface area contributed by atoms with Crippen LogP contribution in [0.2, 0.25) is 0 Å². The second-order valence-corrected chi connectivity index (χ2v) is 8.26. The number of rotatable bonds is 8. The average Bonchev–Trinajstić information content (AvgIpc) is 3.07. The van der Waals surface area contributed by atoms with E-state index in [9.17, 15) is 13.2 Å². The summed E-state index contributed by atoms with van der Waals surface area (Å²) < 4.78 is 33.1. The number of anilines is 2. The Balaban J connectivity index is 1.74. The molecular weight excluding hydrogens is 378 g/mol. The van der Waals surface area contributed by atoms with Crippen LogP contribution in [0.4, 0.5) is 16.2 Å². The molecule has 3 rings (SSSR count). The molecule has 1 aliphatic rings. The molecule has 7 nitrogen and oxygen atoms in total. The van der Waals surface area contributed by atoms with Crippen LogP contribution in [0, 0.1) is 0 Å². The van der Waals surface area contributed by atoms with Gasteiger partial charge in [0, 0.05) is 25.3 Å². The number of sulfonamides is 1. The van der Waals surface area contributed by atoms with E-state index in [1.165, 1.54) is 19.2 Å². The van der Waals surface area contributed by atoms with Crippen molar-refractivity contribution in [2.75, 3.05) is 36.4 Å². The van der Waals surface area contributed by atoms with Gasteiger partial charge in [-0.05, 0) is 42.8 Å². The van der Waals surface area contributed by atoms with Gasteiger partial charge in [-0.3, -0.25) is 9.62 Å². The molecule has 28 heavy (non-hydrogen) atoms. The van der Waals surface area contributed by atoms with Crippen molar-refractivity contribution in [3.63, 3.8) is 0 Å². The number of para-hydroxylation sites is 2. The fraction of sp³-hybridized carbons (Fsp3) is 0.350. The second kappa shape index (κ2) is 8.52. The van der Waals surface area contributed by atoms with Crippen LogP contribution in [0.1, 0.15) is 19.8 Å². The molecule has 0 bridgehead atoms. The average molecular weight is 404 g/mol. The Labute approximate surface area is 166 Å². The second-order valence-electron chi connectivity index (χ2n) is 6.57. The predicted molar refractivity (Wildman–Crippen MR) is 109 cm³/mol. The summed E-state index contributed by atoms with van der Waals surface area (Å²) in [5.41, 5.74) is 1.07. The first-order valence-corrected chi connectivity index (χ1v) is 10.8. The number of nitrogens with zero attached hydrogens (tertiary/aromatic N) is 2. The van der Waals surface area contributed by atoms with Gasteiger partial charge in [0.05, 0.1) is 17.7 Å². The molecule has 8 heteroatoms. The van der Waals surface area contributed by atoms with Crippen LogP contribution in [-0.2, 0) is 10.0 Å². The van der Waals surface area contributed by atoms with Gasteiger partial charge in [0.15, 0.2) is 0 Å². The third-order valence-electron chi connectivity index (χ3n) is 4.69. The monoisotopic (exact) mass is 403 g/mol. The quantitative estimate of drug-likeness (QED) is 0.731. The Bertz CT molecular complexity index is 929. The van der Waals surface area contributed by atoms with Crippen molar-refractivity contribution in [2.24, 2.45) is 0 Å². The normalized spacial score (nSPS) is 14.4. The van der Waals surface area contributed by atoms with Crippen LogP contribution in [0.25, 0.3) is 0 Å². The van der Waals surface area contributed by atoms with E-state index in [1.54, 1.807) is 41.3 Å². The molecule has 0 saturated carbocycles. The molecule has 2 aromatic rings. The van der Waals surface area contributed by atoms with Crippen molar-refractivity contribution in [2.45, 2.75) is 24.7 Å². The number of amides is 2. The maximum absolute atomic E-state index is 12.7. The summed E-state index contributed by atoms with van der Waals surface area (Å²) in [6, 6.07) is 13.1. The lowest BCUT2D eigenvalue weighted by molar-refractivity contribution is 0.220. The number of ether oxygens (including phenoxy) is 1. The summed E-state index contributed by atoms with van der Waals surface area (Å²) >= 11 is 0. The lowest BCUT2D eigenvalue weighted by atomic mass is 10.3. The smallest absolute Gasteiger partial charge is 0.324 e. The van der Waals surface area contributed by atoms with Crippen LogP contribution in [0.3, 0.4) is 0 Å². The Morgan fingerprint density at radius 3 is 2.46 bits per heavy atom. The SMILES string of the molecule is CCCCN1CCN(c2ccc(S(=O)(=O)Nc3ccccc3OC)cc2)C1=O. The van der Waals surface area contributed by atoms with E-state index in [4.69, 9.17) is 4.74 Å². The zero-order valence-electron chi connectivity index (χ0n) is 16.1. The largest absolute Gasteiger partial charge is 0.495 e. The van der Waals surface area contributed by atoms with Crippen LogP contribution in [0.5, 0.6) is 5.75 Å². The first kappa shape index (κ1) is 20.0. The minimum atomic E-state index is -3.77. The van der Waals surface area contributed by atoms with Crippen molar-refractivity contribution in [3.05, 3.63) is 48.5 Å². The van der Waals surface area contributed by atoms with Gasteiger partial charge in [-0.2, -0.15) is 0 Å². The molecule has 2 amide bonds. The molecule has 0 atom stereocenters. The van der Waals surface area contributed by atoms with E-state index in [2.05, 4.69) is 11.6 Å². The lowest BCUT2D eigenvalue weighted by Gasteiger charge is -2.19. The third kappa shape index (κ3) is 4.22. The maximum Gasteiger partial charge on any atom is 0.324 e. The van der Waals surface area contributed by atoms with Crippen molar-refractivity contribution >= 4 is 27.4 Å². The third-order valence-corrected chi connectivity index (χ3v) is 6.07. The zero-order valence-corrected chi connectivity index (χ0v) is 16.9. The number of methoxy groups -OCH3 is 1. The highest BCUT2D eigenvalue weighted by molar-refractivity contribution is 7.92. The predicted octanol–water partition coefficient (Wildman–Crippen LogP) is 3.54. The molecule has 0 unspecified atom stereocenters. The Morgan fingerprint density at radius 2 is 1.79 bits per heavy atom. The highest BCUT2D eigenvalue weighted by Gasteiger charge is 2.29. The molecule has 150 valence electrons. The summed E-state index contributed by atoms with van der Waals surface area (Å²) in [7, 11) is -2.28. The molecule has 1 N–H and O–H groups in total. The Hall–Kier alpha value is -2.74. The highest BCUT2D eigenvalue weighted by atomic mass is 32.2. The fourth-order valence-electron chi connectivity index (χ4n) is 3.12. The molecule has 0 spiro atoms. The van der Waals surface area contributed by atoms with Crippen LogP contribution >= 0.6 is 0 Å². The van der Waals surface area contributed by atoms with Gasteiger partial charge in [-0.25, -0.2) is 13.2 Å². The summed E-state index contributed by atoms with van der Waals surface area (Å²) in [5.74, 6) is 0.442. The van der Waals surface area contributed by atoms with E-state index >= 15 is 0 Å². The maximum atomic E-state index is 12.7. The van der Waals surface area contributed by atoms with Crippen LogP contribution in [-0.4, -0.2) is 46.1 Å². The van der Waals surface area contributed by atoms with Crippen LogP contribution in [0.15, 0.2) is 53.4 Å².